The van der Waals surface area contributed by atoms with Crippen molar-refractivity contribution in [1.82, 2.24) is 15.1 Å². The molecule has 5 heteroatoms. The third-order valence-electron chi connectivity index (χ3n) is 2.46. The van der Waals surface area contributed by atoms with Gasteiger partial charge in [0.1, 0.15) is 0 Å². The Morgan fingerprint density at radius 3 is 2.13 bits per heavy atom. The fraction of sp³-hybridized carbons (Fsp3) is 0.900. The molecule has 2 aliphatic rings. The molecular formula is C10H21N3O2. The molecule has 2 fully saturated rings. The van der Waals surface area contributed by atoms with Crippen molar-refractivity contribution in [3.05, 3.63) is 0 Å². The third kappa shape index (κ3) is 5.71. The standard InChI is InChI=1S/C5H10N2O.C5H11NO/c1-7-3-2-6-5(8)4-7;1-6-2-4-7-5-3-6/h2-4H2,1H3,(H,6,8);2-5H2,1H3. The van der Waals surface area contributed by atoms with E-state index >= 15 is 0 Å². The predicted molar refractivity (Wildman–Crippen MR) is 58.8 cm³/mol. The van der Waals surface area contributed by atoms with Gasteiger partial charge in [-0.15, -0.1) is 0 Å². The lowest BCUT2D eigenvalue weighted by atomic mass is 10.4. The van der Waals surface area contributed by atoms with Gasteiger partial charge in [0.25, 0.3) is 0 Å². The molecule has 0 spiro atoms. The van der Waals surface area contributed by atoms with Gasteiger partial charge in [0.05, 0.1) is 19.8 Å². The second-order valence-corrected chi connectivity index (χ2v) is 4.00. The number of nitrogens with zero attached hydrogens (tertiary/aromatic N) is 2. The van der Waals surface area contributed by atoms with Crippen LogP contribution in [0.3, 0.4) is 0 Å². The van der Waals surface area contributed by atoms with E-state index < -0.39 is 0 Å². The Labute approximate surface area is 91.4 Å². The van der Waals surface area contributed by atoms with Crippen LogP contribution < -0.4 is 5.32 Å². The minimum Gasteiger partial charge on any atom is -0.379 e. The SMILES string of the molecule is CN1CCNC(=O)C1.CN1CCOCC1. The number of likely N-dealkylation sites (N-methyl/N-ethyl adjacent to an activating group) is 2. The van der Waals surface area contributed by atoms with Gasteiger partial charge in [0, 0.05) is 26.2 Å². The molecule has 2 rings (SSSR count). The van der Waals surface area contributed by atoms with Crippen molar-refractivity contribution in [1.29, 1.82) is 0 Å². The van der Waals surface area contributed by atoms with E-state index in [1.54, 1.807) is 0 Å². The Bertz CT molecular complexity index is 193. The molecule has 0 bridgehead atoms. The molecule has 88 valence electrons. The number of carbonyl (C=O) groups is 1. The van der Waals surface area contributed by atoms with Crippen LogP contribution in [0, 0.1) is 0 Å². The van der Waals surface area contributed by atoms with Crippen LogP contribution in [0.25, 0.3) is 0 Å². The lowest BCUT2D eigenvalue weighted by Crippen LogP contribution is -2.45. The van der Waals surface area contributed by atoms with E-state index in [1.165, 1.54) is 0 Å². The van der Waals surface area contributed by atoms with Crippen LogP contribution in [0.1, 0.15) is 0 Å². The minimum absolute atomic E-state index is 0.138. The number of ether oxygens (including phenoxy) is 1. The second-order valence-electron chi connectivity index (χ2n) is 4.00. The molecule has 0 aromatic heterocycles. The molecule has 0 aromatic rings. The molecule has 0 atom stereocenters. The van der Waals surface area contributed by atoms with Gasteiger partial charge in [-0.3, -0.25) is 9.69 Å². The average Bonchev–Trinajstić information content (AvgIpc) is 2.19. The summed E-state index contributed by atoms with van der Waals surface area (Å²) in [6.45, 7) is 6.36. The van der Waals surface area contributed by atoms with Crippen molar-refractivity contribution < 1.29 is 9.53 Å². The van der Waals surface area contributed by atoms with Crippen molar-refractivity contribution in [2.75, 3.05) is 60.0 Å². The average molecular weight is 215 g/mol. The minimum atomic E-state index is 0.138. The van der Waals surface area contributed by atoms with E-state index in [2.05, 4.69) is 17.3 Å². The molecule has 0 unspecified atom stereocenters. The maximum atomic E-state index is 10.5. The highest BCUT2D eigenvalue weighted by Crippen LogP contribution is 1.89. The fourth-order valence-electron chi connectivity index (χ4n) is 1.42. The third-order valence-corrected chi connectivity index (χ3v) is 2.46. The molecule has 5 nitrogen and oxygen atoms in total. The van der Waals surface area contributed by atoms with E-state index in [0.717, 1.165) is 39.4 Å². The highest BCUT2D eigenvalue weighted by atomic mass is 16.5. The topological polar surface area (TPSA) is 44.8 Å². The Hall–Kier alpha value is -0.650. The number of morpholine rings is 1. The van der Waals surface area contributed by atoms with E-state index in [4.69, 9.17) is 4.74 Å². The van der Waals surface area contributed by atoms with Crippen molar-refractivity contribution in [3.63, 3.8) is 0 Å². The first-order valence-corrected chi connectivity index (χ1v) is 5.40. The summed E-state index contributed by atoms with van der Waals surface area (Å²) in [5.41, 5.74) is 0. The lowest BCUT2D eigenvalue weighted by molar-refractivity contribution is -0.123. The maximum absolute atomic E-state index is 10.5. The Morgan fingerprint density at radius 1 is 1.13 bits per heavy atom. The van der Waals surface area contributed by atoms with Crippen LogP contribution in [0.15, 0.2) is 0 Å². The molecule has 0 aliphatic carbocycles. The number of carbonyl (C=O) groups excluding carboxylic acids is 1. The molecule has 2 aliphatic heterocycles. The summed E-state index contributed by atoms with van der Waals surface area (Å²) in [6.07, 6.45) is 0. The number of amides is 1. The van der Waals surface area contributed by atoms with Crippen LogP contribution in [0.4, 0.5) is 0 Å². The molecular weight excluding hydrogens is 194 g/mol. The zero-order valence-electron chi connectivity index (χ0n) is 9.66. The van der Waals surface area contributed by atoms with Gasteiger partial charge in [0.2, 0.25) is 5.91 Å². The summed E-state index contributed by atoms with van der Waals surface area (Å²) < 4.78 is 5.10. The highest BCUT2D eigenvalue weighted by molar-refractivity contribution is 5.78. The first-order valence-electron chi connectivity index (χ1n) is 5.40. The van der Waals surface area contributed by atoms with E-state index in [1.807, 2.05) is 11.9 Å². The largest absolute Gasteiger partial charge is 0.379 e. The molecule has 1 amide bonds. The van der Waals surface area contributed by atoms with Gasteiger partial charge in [-0.25, -0.2) is 0 Å². The van der Waals surface area contributed by atoms with Gasteiger partial charge < -0.3 is 15.0 Å². The Balaban J connectivity index is 0.000000151. The van der Waals surface area contributed by atoms with Crippen molar-refractivity contribution in [2.45, 2.75) is 0 Å². The monoisotopic (exact) mass is 215 g/mol. The van der Waals surface area contributed by atoms with Crippen LogP contribution in [-0.2, 0) is 9.53 Å². The first-order chi connectivity index (χ1) is 7.18. The summed E-state index contributed by atoms with van der Waals surface area (Å²) >= 11 is 0. The van der Waals surface area contributed by atoms with Gasteiger partial charge in [-0.1, -0.05) is 0 Å². The van der Waals surface area contributed by atoms with Crippen molar-refractivity contribution in [2.24, 2.45) is 0 Å². The number of nitrogens with one attached hydrogen (secondary N) is 1. The molecule has 1 N–H and O–H groups in total. The summed E-state index contributed by atoms with van der Waals surface area (Å²) in [5.74, 6) is 0.138. The molecule has 15 heavy (non-hydrogen) atoms. The number of rotatable bonds is 0. The van der Waals surface area contributed by atoms with Crippen LogP contribution in [0.2, 0.25) is 0 Å². The normalized spacial score (nSPS) is 24.0. The van der Waals surface area contributed by atoms with Crippen LogP contribution in [-0.4, -0.2) is 75.7 Å². The predicted octanol–water partition coefficient (Wildman–Crippen LogP) is -1.00. The molecule has 0 aromatic carbocycles. The molecule has 0 saturated carbocycles. The van der Waals surface area contributed by atoms with Crippen molar-refractivity contribution in [3.8, 4) is 0 Å². The summed E-state index contributed by atoms with van der Waals surface area (Å²) in [7, 11) is 4.06. The second kappa shape index (κ2) is 6.76. The quantitative estimate of drug-likeness (QED) is 0.563. The fourth-order valence-corrected chi connectivity index (χ4v) is 1.42. The maximum Gasteiger partial charge on any atom is 0.234 e. The highest BCUT2D eigenvalue weighted by Gasteiger charge is 2.10. The summed E-state index contributed by atoms with van der Waals surface area (Å²) in [5, 5.41) is 2.73. The van der Waals surface area contributed by atoms with Gasteiger partial charge in [-0.2, -0.15) is 0 Å². The van der Waals surface area contributed by atoms with E-state index in [-0.39, 0.29) is 5.91 Å². The smallest absolute Gasteiger partial charge is 0.234 e. The number of piperazine rings is 1. The summed E-state index contributed by atoms with van der Waals surface area (Å²) in [6, 6.07) is 0. The van der Waals surface area contributed by atoms with Crippen molar-refractivity contribution >= 4 is 5.91 Å². The number of hydrogen-bond donors (Lipinski definition) is 1. The van der Waals surface area contributed by atoms with Crippen LogP contribution in [0.5, 0.6) is 0 Å². The van der Waals surface area contributed by atoms with E-state index in [0.29, 0.717) is 6.54 Å². The molecule has 2 heterocycles. The first kappa shape index (κ1) is 12.4. The molecule has 0 radical (unpaired) electrons. The number of hydrogen-bond acceptors (Lipinski definition) is 4. The summed E-state index contributed by atoms with van der Waals surface area (Å²) in [4.78, 5) is 14.8. The zero-order chi connectivity index (χ0) is 11.1. The van der Waals surface area contributed by atoms with E-state index in [9.17, 15) is 4.79 Å². The Morgan fingerprint density at radius 2 is 1.80 bits per heavy atom. The van der Waals surface area contributed by atoms with Gasteiger partial charge >= 0.3 is 0 Å². The zero-order valence-corrected chi connectivity index (χ0v) is 9.66. The lowest BCUT2D eigenvalue weighted by Gasteiger charge is -2.21. The molecule has 2 saturated heterocycles. The van der Waals surface area contributed by atoms with Gasteiger partial charge in [0.15, 0.2) is 0 Å². The van der Waals surface area contributed by atoms with Crippen LogP contribution >= 0.6 is 0 Å². The van der Waals surface area contributed by atoms with Gasteiger partial charge in [-0.05, 0) is 14.1 Å². The Kier molecular flexibility index (Phi) is 5.60.